The van der Waals surface area contributed by atoms with Crippen molar-refractivity contribution in [3.63, 3.8) is 0 Å². The van der Waals surface area contributed by atoms with Gasteiger partial charge in [-0.25, -0.2) is 0 Å². The summed E-state index contributed by atoms with van der Waals surface area (Å²) in [5, 5.41) is 8.59. The number of benzene rings is 4. The lowest BCUT2D eigenvalue weighted by molar-refractivity contribution is -0.114. The lowest BCUT2D eigenvalue weighted by Crippen LogP contribution is -2.30. The molecular formula is C34H34N4O3S. The Bertz CT molecular complexity index is 1580. The van der Waals surface area contributed by atoms with Gasteiger partial charge in [-0.1, -0.05) is 42.5 Å². The van der Waals surface area contributed by atoms with Crippen LogP contribution in [0.15, 0.2) is 108 Å². The highest BCUT2D eigenvalue weighted by Gasteiger charge is 2.16. The summed E-state index contributed by atoms with van der Waals surface area (Å²) in [4.78, 5) is 41.7. The van der Waals surface area contributed by atoms with Gasteiger partial charge in [0.05, 0.1) is 5.75 Å². The highest BCUT2D eigenvalue weighted by Crippen LogP contribution is 2.23. The molecule has 42 heavy (non-hydrogen) atoms. The molecule has 0 saturated carbocycles. The fraction of sp³-hybridized carbons (Fsp3) is 0.147. The molecule has 0 heterocycles. The van der Waals surface area contributed by atoms with Gasteiger partial charge < -0.3 is 20.9 Å². The third kappa shape index (κ3) is 8.84. The van der Waals surface area contributed by atoms with E-state index in [4.69, 9.17) is 0 Å². The van der Waals surface area contributed by atoms with Crippen LogP contribution < -0.4 is 20.9 Å². The van der Waals surface area contributed by atoms with E-state index >= 15 is 0 Å². The molecule has 0 saturated heterocycles. The molecule has 3 amide bonds. The second kappa shape index (κ2) is 14.2. The number of amides is 3. The maximum absolute atomic E-state index is 13.4. The van der Waals surface area contributed by atoms with Crippen molar-refractivity contribution in [3.05, 3.63) is 125 Å². The van der Waals surface area contributed by atoms with Gasteiger partial charge in [-0.05, 0) is 91.2 Å². The van der Waals surface area contributed by atoms with Crippen LogP contribution in [0.2, 0.25) is 0 Å². The fourth-order valence-corrected chi connectivity index (χ4v) is 4.99. The topological polar surface area (TPSA) is 90.5 Å². The molecule has 0 aliphatic rings. The van der Waals surface area contributed by atoms with Gasteiger partial charge >= 0.3 is 0 Å². The van der Waals surface area contributed by atoms with E-state index in [1.807, 2.05) is 87.4 Å². The number of carbonyl (C=O) groups excluding carboxylic acids is 3. The van der Waals surface area contributed by atoms with Gasteiger partial charge in [0.15, 0.2) is 0 Å². The van der Waals surface area contributed by atoms with E-state index < -0.39 is 5.91 Å². The number of hydrogen-bond acceptors (Lipinski definition) is 5. The number of anilines is 3. The van der Waals surface area contributed by atoms with Crippen molar-refractivity contribution in [2.75, 3.05) is 35.4 Å². The van der Waals surface area contributed by atoms with E-state index in [0.29, 0.717) is 11.3 Å². The molecule has 0 bridgehead atoms. The van der Waals surface area contributed by atoms with Crippen molar-refractivity contribution < 1.29 is 14.4 Å². The number of thioether (sulfide) groups is 1. The Morgan fingerprint density at radius 2 is 1.45 bits per heavy atom. The zero-order chi connectivity index (χ0) is 30.1. The molecule has 0 aliphatic carbocycles. The predicted octanol–water partition coefficient (Wildman–Crippen LogP) is 6.51. The Kier molecular flexibility index (Phi) is 10.2. The quantitative estimate of drug-likeness (QED) is 0.147. The Labute approximate surface area is 251 Å². The zero-order valence-corrected chi connectivity index (χ0v) is 24.9. The van der Waals surface area contributed by atoms with Gasteiger partial charge in [-0.2, -0.15) is 0 Å². The average molecular weight is 579 g/mol. The van der Waals surface area contributed by atoms with E-state index in [2.05, 4.69) is 22.0 Å². The maximum atomic E-state index is 13.4. The summed E-state index contributed by atoms with van der Waals surface area (Å²) < 4.78 is 0. The first-order valence-electron chi connectivity index (χ1n) is 13.4. The van der Waals surface area contributed by atoms with Gasteiger partial charge in [0.25, 0.3) is 11.8 Å². The third-order valence-electron chi connectivity index (χ3n) is 6.22. The second-order valence-electron chi connectivity index (χ2n) is 10.1. The van der Waals surface area contributed by atoms with Crippen molar-refractivity contribution in [2.24, 2.45) is 0 Å². The molecule has 0 fully saturated rings. The smallest absolute Gasteiger partial charge is 0.272 e. The SMILES string of the molecule is Cc1cc(C)cc(NC(=O)CSc2cccc(NC(=O)/C(=C\c3ccc(N(C)C)cc3)NC(=O)c3ccccc3)c2)c1. The minimum absolute atomic E-state index is 0.104. The first-order chi connectivity index (χ1) is 20.2. The van der Waals surface area contributed by atoms with Gasteiger partial charge in [-0.3, -0.25) is 14.4 Å². The van der Waals surface area contributed by atoms with E-state index in [1.165, 1.54) is 11.8 Å². The zero-order valence-electron chi connectivity index (χ0n) is 24.1. The first kappa shape index (κ1) is 30.1. The molecule has 214 valence electrons. The second-order valence-corrected chi connectivity index (χ2v) is 11.1. The van der Waals surface area contributed by atoms with Crippen LogP contribution in [0.5, 0.6) is 0 Å². The molecular weight excluding hydrogens is 544 g/mol. The molecule has 0 atom stereocenters. The van der Waals surface area contributed by atoms with Crippen LogP contribution in [-0.4, -0.2) is 37.6 Å². The molecule has 0 aliphatic heterocycles. The first-order valence-corrected chi connectivity index (χ1v) is 14.4. The van der Waals surface area contributed by atoms with Crippen LogP contribution in [0.25, 0.3) is 6.08 Å². The average Bonchev–Trinajstić information content (AvgIpc) is 2.96. The number of rotatable bonds is 10. The molecule has 4 aromatic rings. The highest BCUT2D eigenvalue weighted by atomic mass is 32.2. The number of carbonyl (C=O) groups is 3. The number of nitrogens with zero attached hydrogens (tertiary/aromatic N) is 1. The lowest BCUT2D eigenvalue weighted by atomic mass is 10.1. The molecule has 4 aromatic carbocycles. The van der Waals surface area contributed by atoms with Crippen molar-refractivity contribution >= 4 is 52.6 Å². The van der Waals surface area contributed by atoms with Gasteiger partial charge in [0, 0.05) is 41.6 Å². The number of hydrogen-bond donors (Lipinski definition) is 3. The van der Waals surface area contributed by atoms with Crippen LogP contribution >= 0.6 is 11.8 Å². The summed E-state index contributed by atoms with van der Waals surface area (Å²) in [6.45, 7) is 3.98. The molecule has 7 nitrogen and oxygen atoms in total. The maximum Gasteiger partial charge on any atom is 0.272 e. The van der Waals surface area contributed by atoms with Crippen LogP contribution in [0.3, 0.4) is 0 Å². The van der Waals surface area contributed by atoms with E-state index in [0.717, 1.165) is 33.0 Å². The summed E-state index contributed by atoms with van der Waals surface area (Å²) in [6.07, 6.45) is 1.64. The van der Waals surface area contributed by atoms with Crippen molar-refractivity contribution in [3.8, 4) is 0 Å². The molecule has 0 radical (unpaired) electrons. The Hall–Kier alpha value is -4.82. The molecule has 4 rings (SSSR count). The lowest BCUT2D eigenvalue weighted by Gasteiger charge is -2.14. The summed E-state index contributed by atoms with van der Waals surface area (Å²) in [5.41, 5.74) is 5.81. The van der Waals surface area contributed by atoms with Crippen LogP contribution in [0.1, 0.15) is 27.0 Å². The van der Waals surface area contributed by atoms with Crippen molar-refractivity contribution in [1.82, 2.24) is 5.32 Å². The van der Waals surface area contributed by atoms with Gasteiger partial charge in [0.2, 0.25) is 5.91 Å². The van der Waals surface area contributed by atoms with Crippen LogP contribution in [-0.2, 0) is 9.59 Å². The van der Waals surface area contributed by atoms with Gasteiger partial charge in [0.1, 0.15) is 5.70 Å². The van der Waals surface area contributed by atoms with E-state index in [1.54, 1.807) is 42.5 Å². The van der Waals surface area contributed by atoms with Gasteiger partial charge in [-0.15, -0.1) is 11.8 Å². The Morgan fingerprint density at radius 1 is 0.762 bits per heavy atom. The summed E-state index contributed by atoms with van der Waals surface area (Å²) in [6, 6.07) is 29.6. The molecule has 0 unspecified atom stereocenters. The molecule has 0 aromatic heterocycles. The van der Waals surface area contributed by atoms with Crippen molar-refractivity contribution in [2.45, 2.75) is 18.7 Å². The standard InChI is InChI=1S/C34H34N4O3S/c1-23-17-24(2)19-28(18-23)35-32(39)22-42-30-12-8-11-27(21-30)36-34(41)31(37-33(40)26-9-6-5-7-10-26)20-25-13-15-29(16-14-25)38(3)4/h5-21H,22H2,1-4H3,(H,35,39)(H,36,41)(H,37,40)/b31-20+. The van der Waals surface area contributed by atoms with E-state index in [9.17, 15) is 14.4 Å². The molecule has 8 heteroatoms. The Balaban J connectivity index is 1.46. The van der Waals surface area contributed by atoms with E-state index in [-0.39, 0.29) is 23.3 Å². The molecule has 0 spiro atoms. The van der Waals surface area contributed by atoms with Crippen LogP contribution in [0, 0.1) is 13.8 Å². The summed E-state index contributed by atoms with van der Waals surface area (Å²) in [7, 11) is 3.90. The number of nitrogens with one attached hydrogen (secondary N) is 3. The minimum Gasteiger partial charge on any atom is -0.378 e. The monoisotopic (exact) mass is 578 g/mol. The predicted molar refractivity (Wildman–Crippen MR) is 173 cm³/mol. The summed E-state index contributed by atoms with van der Waals surface area (Å²) >= 11 is 1.37. The molecule has 3 N–H and O–H groups in total. The van der Waals surface area contributed by atoms with Crippen LogP contribution in [0.4, 0.5) is 17.1 Å². The Morgan fingerprint density at radius 3 is 2.12 bits per heavy atom. The number of aryl methyl sites for hydroxylation is 2. The highest BCUT2D eigenvalue weighted by molar-refractivity contribution is 8.00. The minimum atomic E-state index is -0.467. The third-order valence-corrected chi connectivity index (χ3v) is 7.21. The van der Waals surface area contributed by atoms with Crippen molar-refractivity contribution in [1.29, 1.82) is 0 Å². The summed E-state index contributed by atoms with van der Waals surface area (Å²) in [5.74, 6) is -0.758. The fourth-order valence-electron chi connectivity index (χ4n) is 4.23. The largest absolute Gasteiger partial charge is 0.378 e. The normalized spacial score (nSPS) is 11.0.